The number of nitrogens with zero attached hydrogens (tertiary/aromatic N) is 2. The molecule has 0 atom stereocenters. The molecule has 3 N–H and O–H groups in total. The number of rotatable bonds is 5. The number of fused-ring (bicyclic) bond motifs is 1. The SMILES string of the molecule is CC(C)(C)n1c(NC(=O)CNC(=O)NCC2CCCC2)nc2ccccc21. The van der Waals surface area contributed by atoms with Gasteiger partial charge in [0.15, 0.2) is 0 Å². The Morgan fingerprint density at radius 2 is 1.85 bits per heavy atom. The van der Waals surface area contributed by atoms with Crippen molar-refractivity contribution in [3.05, 3.63) is 24.3 Å². The number of anilines is 1. The molecule has 1 fully saturated rings. The van der Waals surface area contributed by atoms with E-state index >= 15 is 0 Å². The van der Waals surface area contributed by atoms with E-state index < -0.39 is 0 Å². The molecule has 0 spiro atoms. The highest BCUT2D eigenvalue weighted by Crippen LogP contribution is 2.27. The molecule has 27 heavy (non-hydrogen) atoms. The van der Waals surface area contributed by atoms with Gasteiger partial charge in [0.05, 0.1) is 17.6 Å². The van der Waals surface area contributed by atoms with Crippen molar-refractivity contribution in [3.63, 3.8) is 0 Å². The summed E-state index contributed by atoms with van der Waals surface area (Å²) in [6, 6.07) is 7.47. The minimum atomic E-state index is -0.304. The van der Waals surface area contributed by atoms with Gasteiger partial charge in [-0.25, -0.2) is 9.78 Å². The number of para-hydroxylation sites is 2. The second-order valence-corrected chi connectivity index (χ2v) is 8.19. The Hall–Kier alpha value is -2.57. The lowest BCUT2D eigenvalue weighted by Crippen LogP contribution is -2.41. The van der Waals surface area contributed by atoms with E-state index in [-0.39, 0.29) is 24.0 Å². The number of amides is 3. The number of nitrogens with one attached hydrogen (secondary N) is 3. The van der Waals surface area contributed by atoms with E-state index in [0.29, 0.717) is 18.4 Å². The molecule has 1 aromatic carbocycles. The van der Waals surface area contributed by atoms with Gasteiger partial charge in [-0.3, -0.25) is 10.1 Å². The van der Waals surface area contributed by atoms with Crippen LogP contribution in [0.15, 0.2) is 24.3 Å². The molecule has 0 radical (unpaired) electrons. The molecular weight excluding hydrogens is 342 g/mol. The number of carbonyl (C=O) groups excluding carboxylic acids is 2. The minimum absolute atomic E-state index is 0.0934. The summed E-state index contributed by atoms with van der Waals surface area (Å²) in [5.74, 6) is 0.755. The Kier molecular flexibility index (Phi) is 5.68. The summed E-state index contributed by atoms with van der Waals surface area (Å²) < 4.78 is 2.00. The van der Waals surface area contributed by atoms with E-state index in [1.165, 1.54) is 25.7 Å². The topological polar surface area (TPSA) is 88.0 Å². The second kappa shape index (κ2) is 7.98. The van der Waals surface area contributed by atoms with Crippen LogP contribution in [-0.4, -0.2) is 34.6 Å². The van der Waals surface area contributed by atoms with Gasteiger partial charge >= 0.3 is 6.03 Å². The number of hydrogen-bond acceptors (Lipinski definition) is 3. The van der Waals surface area contributed by atoms with Gasteiger partial charge in [-0.1, -0.05) is 25.0 Å². The van der Waals surface area contributed by atoms with E-state index in [4.69, 9.17) is 0 Å². The molecular formula is C20H29N5O2. The van der Waals surface area contributed by atoms with Gasteiger partial charge in [0.25, 0.3) is 0 Å². The van der Waals surface area contributed by atoms with Gasteiger partial charge < -0.3 is 15.2 Å². The van der Waals surface area contributed by atoms with Crippen LogP contribution >= 0.6 is 0 Å². The summed E-state index contributed by atoms with van der Waals surface area (Å²) in [5, 5.41) is 8.30. The highest BCUT2D eigenvalue weighted by molar-refractivity contribution is 5.94. The van der Waals surface area contributed by atoms with Gasteiger partial charge in [0.2, 0.25) is 11.9 Å². The molecule has 7 nitrogen and oxygen atoms in total. The van der Waals surface area contributed by atoms with Crippen LogP contribution in [0.4, 0.5) is 10.7 Å². The number of aromatic nitrogens is 2. The van der Waals surface area contributed by atoms with Crippen LogP contribution in [0.3, 0.4) is 0 Å². The third-order valence-corrected chi connectivity index (χ3v) is 4.92. The van der Waals surface area contributed by atoms with Crippen LogP contribution in [0.5, 0.6) is 0 Å². The molecule has 0 bridgehead atoms. The fourth-order valence-corrected chi connectivity index (χ4v) is 3.63. The largest absolute Gasteiger partial charge is 0.338 e. The Balaban J connectivity index is 1.58. The molecule has 3 amide bonds. The highest BCUT2D eigenvalue weighted by Gasteiger charge is 2.22. The normalized spacial score (nSPS) is 15.1. The van der Waals surface area contributed by atoms with Crippen molar-refractivity contribution in [1.29, 1.82) is 0 Å². The number of carbonyl (C=O) groups is 2. The Morgan fingerprint density at radius 1 is 1.15 bits per heavy atom. The predicted molar refractivity (Wildman–Crippen MR) is 107 cm³/mol. The Bertz CT molecular complexity index is 815. The number of urea groups is 1. The first-order chi connectivity index (χ1) is 12.8. The van der Waals surface area contributed by atoms with Gasteiger partial charge in [0, 0.05) is 12.1 Å². The monoisotopic (exact) mass is 371 g/mol. The van der Waals surface area contributed by atoms with Crippen molar-refractivity contribution in [2.75, 3.05) is 18.4 Å². The van der Waals surface area contributed by atoms with Crippen LogP contribution in [0.2, 0.25) is 0 Å². The van der Waals surface area contributed by atoms with E-state index in [0.717, 1.165) is 11.0 Å². The number of imidazole rings is 1. The van der Waals surface area contributed by atoms with E-state index in [2.05, 4.69) is 41.7 Å². The molecule has 1 saturated carbocycles. The lowest BCUT2D eigenvalue weighted by atomic mass is 10.1. The summed E-state index contributed by atoms with van der Waals surface area (Å²) >= 11 is 0. The zero-order chi connectivity index (χ0) is 19.4. The van der Waals surface area contributed by atoms with Gasteiger partial charge in [-0.2, -0.15) is 0 Å². The predicted octanol–water partition coefficient (Wildman–Crippen LogP) is 3.22. The highest BCUT2D eigenvalue weighted by atomic mass is 16.2. The molecule has 1 aliphatic carbocycles. The summed E-state index contributed by atoms with van der Waals surface area (Å²) in [6.07, 6.45) is 4.82. The van der Waals surface area contributed by atoms with Crippen LogP contribution in [0.1, 0.15) is 46.5 Å². The van der Waals surface area contributed by atoms with Crippen molar-refractivity contribution in [2.24, 2.45) is 5.92 Å². The van der Waals surface area contributed by atoms with Crippen molar-refractivity contribution in [3.8, 4) is 0 Å². The van der Waals surface area contributed by atoms with Crippen LogP contribution in [0.25, 0.3) is 11.0 Å². The van der Waals surface area contributed by atoms with Crippen molar-refractivity contribution >= 4 is 28.9 Å². The summed E-state index contributed by atoms with van der Waals surface area (Å²) in [5.41, 5.74) is 1.54. The Labute approximate surface area is 159 Å². The smallest absolute Gasteiger partial charge is 0.315 e. The minimum Gasteiger partial charge on any atom is -0.338 e. The maximum atomic E-state index is 12.3. The first kappa shape index (κ1) is 19.2. The molecule has 1 heterocycles. The summed E-state index contributed by atoms with van der Waals surface area (Å²) in [6.45, 7) is 6.76. The standard InChI is InChI=1S/C20H29N5O2/c1-20(2,3)25-16-11-7-6-10-15(16)23-18(25)24-17(26)13-22-19(27)21-12-14-8-4-5-9-14/h6-7,10-11,14H,4-5,8-9,12-13H2,1-3H3,(H2,21,22,27)(H,23,24,26). The summed E-state index contributed by atoms with van der Waals surface area (Å²) in [4.78, 5) is 28.8. The fraction of sp³-hybridized carbons (Fsp3) is 0.550. The first-order valence-corrected chi connectivity index (χ1v) is 9.64. The quantitative estimate of drug-likeness (QED) is 0.754. The Morgan fingerprint density at radius 3 is 2.56 bits per heavy atom. The van der Waals surface area contributed by atoms with Crippen molar-refractivity contribution in [1.82, 2.24) is 20.2 Å². The zero-order valence-electron chi connectivity index (χ0n) is 16.3. The zero-order valence-corrected chi connectivity index (χ0v) is 16.3. The molecule has 3 rings (SSSR count). The molecule has 0 saturated heterocycles. The molecule has 1 aliphatic rings. The molecule has 0 unspecified atom stereocenters. The molecule has 1 aromatic heterocycles. The van der Waals surface area contributed by atoms with Crippen molar-refractivity contribution in [2.45, 2.75) is 52.0 Å². The lowest BCUT2D eigenvalue weighted by Gasteiger charge is -2.24. The molecule has 146 valence electrons. The first-order valence-electron chi connectivity index (χ1n) is 9.64. The maximum absolute atomic E-state index is 12.3. The van der Waals surface area contributed by atoms with Gasteiger partial charge in [-0.15, -0.1) is 0 Å². The van der Waals surface area contributed by atoms with Crippen LogP contribution in [0, 0.1) is 5.92 Å². The van der Waals surface area contributed by atoms with Crippen LogP contribution < -0.4 is 16.0 Å². The van der Waals surface area contributed by atoms with E-state index in [1.54, 1.807) is 0 Å². The summed E-state index contributed by atoms with van der Waals surface area (Å²) in [7, 11) is 0. The molecule has 7 heteroatoms. The third kappa shape index (κ3) is 4.78. The van der Waals surface area contributed by atoms with E-state index in [1.807, 2.05) is 28.8 Å². The maximum Gasteiger partial charge on any atom is 0.315 e. The average Bonchev–Trinajstić information content (AvgIpc) is 3.24. The van der Waals surface area contributed by atoms with Crippen molar-refractivity contribution < 1.29 is 9.59 Å². The fourth-order valence-electron chi connectivity index (χ4n) is 3.63. The molecule has 0 aliphatic heterocycles. The van der Waals surface area contributed by atoms with Gasteiger partial charge in [-0.05, 0) is 51.7 Å². The van der Waals surface area contributed by atoms with E-state index in [9.17, 15) is 9.59 Å². The lowest BCUT2D eigenvalue weighted by molar-refractivity contribution is -0.115. The molecule has 2 aromatic rings. The average molecular weight is 371 g/mol. The van der Waals surface area contributed by atoms with Gasteiger partial charge in [0.1, 0.15) is 0 Å². The second-order valence-electron chi connectivity index (χ2n) is 8.19. The van der Waals surface area contributed by atoms with Crippen LogP contribution in [-0.2, 0) is 10.3 Å². The number of benzene rings is 1. The third-order valence-electron chi connectivity index (χ3n) is 4.92. The number of hydrogen-bond donors (Lipinski definition) is 3.